The standard InChI is InChI=1S/C15H13F2NO2/c1-2-20-11-8-10(16)13(15(18)19)14(17)12(11)9-6-4-3-5-7-9/h3-8H,2H2,1H3,(H2,18,19). The number of nitrogens with two attached hydrogens (primary N) is 1. The number of primary amides is 1. The van der Waals surface area contributed by atoms with Crippen LogP contribution in [0.15, 0.2) is 36.4 Å². The Morgan fingerprint density at radius 1 is 1.25 bits per heavy atom. The Kier molecular flexibility index (Phi) is 3.98. The van der Waals surface area contributed by atoms with E-state index in [0.29, 0.717) is 5.56 Å². The fourth-order valence-corrected chi connectivity index (χ4v) is 1.97. The van der Waals surface area contributed by atoms with Gasteiger partial charge < -0.3 is 10.5 Å². The lowest BCUT2D eigenvalue weighted by molar-refractivity contribution is 0.0992. The molecule has 0 aromatic heterocycles. The smallest absolute Gasteiger partial charge is 0.254 e. The molecule has 0 bridgehead atoms. The number of hydrogen-bond donors (Lipinski definition) is 1. The maximum Gasteiger partial charge on any atom is 0.254 e. The lowest BCUT2D eigenvalue weighted by atomic mass is 10.00. The van der Waals surface area contributed by atoms with E-state index in [0.717, 1.165) is 6.07 Å². The molecule has 0 atom stereocenters. The van der Waals surface area contributed by atoms with Gasteiger partial charge in [-0.05, 0) is 12.5 Å². The molecule has 0 fully saturated rings. The van der Waals surface area contributed by atoms with Crippen LogP contribution in [-0.2, 0) is 0 Å². The molecule has 2 aromatic carbocycles. The third-order valence-corrected chi connectivity index (χ3v) is 2.79. The van der Waals surface area contributed by atoms with Crippen molar-refractivity contribution in [2.45, 2.75) is 6.92 Å². The van der Waals surface area contributed by atoms with E-state index in [4.69, 9.17) is 10.5 Å². The normalized spacial score (nSPS) is 10.3. The first-order chi connectivity index (χ1) is 9.56. The zero-order valence-corrected chi connectivity index (χ0v) is 10.8. The highest BCUT2D eigenvalue weighted by atomic mass is 19.1. The first kappa shape index (κ1) is 14.0. The maximum atomic E-state index is 14.4. The Morgan fingerprint density at radius 2 is 1.90 bits per heavy atom. The molecule has 0 heterocycles. The monoisotopic (exact) mass is 277 g/mol. The summed E-state index contributed by atoms with van der Waals surface area (Å²) in [5.41, 5.74) is 4.78. The van der Waals surface area contributed by atoms with E-state index in [9.17, 15) is 13.6 Å². The molecule has 0 saturated carbocycles. The fourth-order valence-electron chi connectivity index (χ4n) is 1.97. The van der Waals surface area contributed by atoms with Gasteiger partial charge in [0.15, 0.2) is 0 Å². The van der Waals surface area contributed by atoms with Crippen molar-refractivity contribution in [1.82, 2.24) is 0 Å². The van der Waals surface area contributed by atoms with Crippen molar-refractivity contribution in [3.05, 3.63) is 53.6 Å². The van der Waals surface area contributed by atoms with Crippen molar-refractivity contribution in [3.63, 3.8) is 0 Å². The van der Waals surface area contributed by atoms with Gasteiger partial charge in [0.1, 0.15) is 22.9 Å². The largest absolute Gasteiger partial charge is 0.493 e. The Bertz CT molecular complexity index is 642. The molecule has 0 unspecified atom stereocenters. The summed E-state index contributed by atoms with van der Waals surface area (Å²) >= 11 is 0. The predicted octanol–water partition coefficient (Wildman–Crippen LogP) is 3.13. The molecule has 2 aromatic rings. The molecule has 104 valence electrons. The molecule has 20 heavy (non-hydrogen) atoms. The minimum absolute atomic E-state index is 0.0302. The molecule has 1 amide bonds. The number of amides is 1. The van der Waals surface area contributed by atoms with Gasteiger partial charge in [-0.25, -0.2) is 8.78 Å². The van der Waals surface area contributed by atoms with E-state index in [-0.39, 0.29) is 17.9 Å². The second kappa shape index (κ2) is 5.69. The van der Waals surface area contributed by atoms with Crippen molar-refractivity contribution in [2.24, 2.45) is 5.73 Å². The Balaban J connectivity index is 2.75. The molecule has 0 aliphatic heterocycles. The van der Waals surface area contributed by atoms with Gasteiger partial charge in [0.25, 0.3) is 5.91 Å². The zero-order valence-electron chi connectivity index (χ0n) is 10.8. The molecule has 3 nitrogen and oxygen atoms in total. The predicted molar refractivity (Wildman–Crippen MR) is 71.5 cm³/mol. The van der Waals surface area contributed by atoms with Gasteiger partial charge in [0.05, 0.1) is 12.2 Å². The maximum absolute atomic E-state index is 14.4. The van der Waals surface area contributed by atoms with E-state index in [1.807, 2.05) is 0 Å². The molecule has 0 radical (unpaired) electrons. The van der Waals surface area contributed by atoms with Crippen LogP contribution >= 0.6 is 0 Å². The van der Waals surface area contributed by atoms with E-state index in [1.165, 1.54) is 0 Å². The van der Waals surface area contributed by atoms with Gasteiger partial charge in [-0.1, -0.05) is 30.3 Å². The van der Waals surface area contributed by atoms with E-state index < -0.39 is 23.1 Å². The first-order valence-corrected chi connectivity index (χ1v) is 6.06. The van der Waals surface area contributed by atoms with Crippen LogP contribution in [0.4, 0.5) is 8.78 Å². The first-order valence-electron chi connectivity index (χ1n) is 6.06. The number of halogens is 2. The SMILES string of the molecule is CCOc1cc(F)c(C(N)=O)c(F)c1-c1ccccc1. The van der Waals surface area contributed by atoms with Gasteiger partial charge >= 0.3 is 0 Å². The lowest BCUT2D eigenvalue weighted by Gasteiger charge is -2.14. The molecular weight excluding hydrogens is 264 g/mol. The second-order valence-electron chi connectivity index (χ2n) is 4.08. The average molecular weight is 277 g/mol. The van der Waals surface area contributed by atoms with Crippen LogP contribution in [0, 0.1) is 11.6 Å². The van der Waals surface area contributed by atoms with Crippen LogP contribution in [0.25, 0.3) is 11.1 Å². The summed E-state index contributed by atoms with van der Waals surface area (Å²) in [4.78, 5) is 11.2. The number of hydrogen-bond acceptors (Lipinski definition) is 2. The van der Waals surface area contributed by atoms with Crippen LogP contribution in [0.5, 0.6) is 5.75 Å². The molecule has 0 aliphatic carbocycles. The second-order valence-corrected chi connectivity index (χ2v) is 4.08. The Labute approximate surface area is 115 Å². The summed E-state index contributed by atoms with van der Waals surface area (Å²) in [6, 6.07) is 9.44. The van der Waals surface area contributed by atoms with Gasteiger partial charge in [-0.15, -0.1) is 0 Å². The van der Waals surface area contributed by atoms with E-state index in [1.54, 1.807) is 37.3 Å². The number of carbonyl (C=O) groups excluding carboxylic acids is 1. The van der Waals surface area contributed by atoms with Crippen LogP contribution in [0.3, 0.4) is 0 Å². The van der Waals surface area contributed by atoms with Crippen molar-refractivity contribution < 1.29 is 18.3 Å². The van der Waals surface area contributed by atoms with Gasteiger partial charge in [-0.3, -0.25) is 4.79 Å². The molecular formula is C15H13F2NO2. The summed E-state index contributed by atoms with van der Waals surface area (Å²) in [7, 11) is 0. The highest BCUT2D eigenvalue weighted by molar-refractivity contribution is 5.95. The highest BCUT2D eigenvalue weighted by Gasteiger charge is 2.23. The minimum atomic E-state index is -1.15. The highest BCUT2D eigenvalue weighted by Crippen LogP contribution is 2.35. The topological polar surface area (TPSA) is 52.3 Å². The molecule has 0 saturated heterocycles. The molecule has 0 spiro atoms. The number of ether oxygens (including phenoxy) is 1. The summed E-state index contributed by atoms with van der Waals surface area (Å²) < 4.78 is 33.4. The third-order valence-electron chi connectivity index (χ3n) is 2.79. The summed E-state index contributed by atoms with van der Waals surface area (Å²) in [6.07, 6.45) is 0. The lowest BCUT2D eigenvalue weighted by Crippen LogP contribution is -2.16. The number of rotatable bonds is 4. The van der Waals surface area contributed by atoms with Crippen LogP contribution in [-0.4, -0.2) is 12.5 Å². The molecule has 0 aliphatic rings. The molecule has 5 heteroatoms. The Hall–Kier alpha value is -2.43. The van der Waals surface area contributed by atoms with Crippen LogP contribution in [0.2, 0.25) is 0 Å². The van der Waals surface area contributed by atoms with Gasteiger partial charge in [0.2, 0.25) is 0 Å². The average Bonchev–Trinajstić information content (AvgIpc) is 2.39. The van der Waals surface area contributed by atoms with Crippen molar-refractivity contribution >= 4 is 5.91 Å². The van der Waals surface area contributed by atoms with Crippen molar-refractivity contribution in [3.8, 4) is 16.9 Å². The summed E-state index contributed by atoms with van der Waals surface area (Å²) in [5.74, 6) is -3.15. The minimum Gasteiger partial charge on any atom is -0.493 e. The summed E-state index contributed by atoms with van der Waals surface area (Å²) in [6.45, 7) is 1.95. The molecule has 2 N–H and O–H groups in total. The van der Waals surface area contributed by atoms with E-state index in [2.05, 4.69) is 0 Å². The number of benzene rings is 2. The van der Waals surface area contributed by atoms with E-state index >= 15 is 0 Å². The molecule has 2 rings (SSSR count). The van der Waals surface area contributed by atoms with Crippen LogP contribution < -0.4 is 10.5 Å². The van der Waals surface area contributed by atoms with Gasteiger partial charge in [-0.2, -0.15) is 0 Å². The fraction of sp³-hybridized carbons (Fsp3) is 0.133. The zero-order chi connectivity index (χ0) is 14.7. The quantitative estimate of drug-likeness (QED) is 0.933. The van der Waals surface area contributed by atoms with Crippen molar-refractivity contribution in [2.75, 3.05) is 6.61 Å². The van der Waals surface area contributed by atoms with Crippen LogP contribution in [0.1, 0.15) is 17.3 Å². The Morgan fingerprint density at radius 3 is 2.45 bits per heavy atom. The van der Waals surface area contributed by atoms with Gasteiger partial charge in [0, 0.05) is 6.07 Å². The third kappa shape index (κ3) is 2.47. The number of carbonyl (C=O) groups is 1. The van der Waals surface area contributed by atoms with Crippen molar-refractivity contribution in [1.29, 1.82) is 0 Å². The summed E-state index contributed by atoms with van der Waals surface area (Å²) in [5, 5.41) is 0.